The van der Waals surface area contributed by atoms with Crippen molar-refractivity contribution in [1.82, 2.24) is 14.9 Å². The van der Waals surface area contributed by atoms with Gasteiger partial charge in [-0.15, -0.1) is 0 Å². The van der Waals surface area contributed by atoms with Crippen LogP contribution in [0.1, 0.15) is 11.4 Å². The van der Waals surface area contributed by atoms with Crippen molar-refractivity contribution in [2.45, 2.75) is 13.1 Å². The van der Waals surface area contributed by atoms with Crippen molar-refractivity contribution in [3.05, 3.63) is 64.9 Å². The summed E-state index contributed by atoms with van der Waals surface area (Å²) in [5, 5.41) is 16.7. The third kappa shape index (κ3) is 7.71. The van der Waals surface area contributed by atoms with E-state index in [9.17, 15) is 22.8 Å². The molecule has 10 nitrogen and oxygen atoms in total. The molecule has 0 radical (unpaired) electrons. The SMILES string of the molecule is Cc1nc(Nc2cccc(NC(=O)Nc3ccc(Cl)c(C(F)(F)F)c3)c2)cc(N2CCN(CC(=O)O)CC2)n1. The third-order valence-electron chi connectivity index (χ3n) is 5.80. The van der Waals surface area contributed by atoms with Gasteiger partial charge in [0.15, 0.2) is 0 Å². The number of alkyl halides is 3. The maximum atomic E-state index is 13.1. The van der Waals surface area contributed by atoms with E-state index < -0.39 is 28.8 Å². The highest BCUT2D eigenvalue weighted by atomic mass is 35.5. The van der Waals surface area contributed by atoms with E-state index in [1.807, 2.05) is 4.90 Å². The van der Waals surface area contributed by atoms with Crippen LogP contribution < -0.4 is 20.9 Å². The van der Waals surface area contributed by atoms with Crippen molar-refractivity contribution in [2.75, 3.05) is 53.6 Å². The molecule has 4 rings (SSSR count). The van der Waals surface area contributed by atoms with Gasteiger partial charge in [0.1, 0.15) is 17.5 Å². The summed E-state index contributed by atoms with van der Waals surface area (Å²) in [5.41, 5.74) is -0.113. The Morgan fingerprint density at radius 3 is 2.31 bits per heavy atom. The highest BCUT2D eigenvalue weighted by Gasteiger charge is 2.33. The first-order chi connectivity index (χ1) is 18.5. The van der Waals surface area contributed by atoms with Crippen LogP contribution >= 0.6 is 11.6 Å². The molecular weight excluding hydrogens is 539 g/mol. The zero-order chi connectivity index (χ0) is 28.2. The number of anilines is 5. The Morgan fingerprint density at radius 2 is 1.64 bits per heavy atom. The van der Waals surface area contributed by atoms with E-state index >= 15 is 0 Å². The Balaban J connectivity index is 1.40. The number of nitrogens with zero attached hydrogens (tertiary/aromatic N) is 4. The van der Waals surface area contributed by atoms with Gasteiger partial charge in [-0.3, -0.25) is 9.69 Å². The fourth-order valence-electron chi connectivity index (χ4n) is 4.04. The zero-order valence-corrected chi connectivity index (χ0v) is 21.5. The number of hydrogen-bond acceptors (Lipinski definition) is 7. The second-order valence-corrected chi connectivity index (χ2v) is 9.20. The first-order valence-corrected chi connectivity index (χ1v) is 12.2. The molecule has 0 aliphatic carbocycles. The quantitative estimate of drug-likeness (QED) is 0.315. The summed E-state index contributed by atoms with van der Waals surface area (Å²) >= 11 is 5.63. The van der Waals surface area contributed by atoms with Gasteiger partial charge < -0.3 is 26.0 Å². The van der Waals surface area contributed by atoms with E-state index in [4.69, 9.17) is 16.7 Å². The summed E-state index contributed by atoms with van der Waals surface area (Å²) in [6.45, 7) is 4.20. The Hall–Kier alpha value is -4.10. The number of urea groups is 1. The number of hydrogen-bond donors (Lipinski definition) is 4. The van der Waals surface area contributed by atoms with Crippen LogP contribution in [0.25, 0.3) is 0 Å². The van der Waals surface area contributed by atoms with Crippen LogP contribution in [0.5, 0.6) is 0 Å². The zero-order valence-electron chi connectivity index (χ0n) is 20.7. The van der Waals surface area contributed by atoms with Crippen LogP contribution in [0, 0.1) is 6.92 Å². The molecule has 1 saturated heterocycles. The minimum atomic E-state index is -4.65. The van der Waals surface area contributed by atoms with E-state index in [0.717, 1.165) is 12.1 Å². The van der Waals surface area contributed by atoms with Gasteiger partial charge >= 0.3 is 18.2 Å². The fraction of sp³-hybridized carbons (Fsp3) is 0.280. The second-order valence-electron chi connectivity index (χ2n) is 8.79. The molecule has 0 bridgehead atoms. The fourth-order valence-corrected chi connectivity index (χ4v) is 4.27. The molecule has 1 fully saturated rings. The number of carbonyl (C=O) groups is 2. The molecule has 0 unspecified atom stereocenters. The van der Waals surface area contributed by atoms with E-state index in [0.29, 0.717) is 55.0 Å². The molecule has 4 N–H and O–H groups in total. The number of aryl methyl sites for hydroxylation is 1. The lowest BCUT2D eigenvalue weighted by molar-refractivity contribution is -0.138. The molecule has 2 heterocycles. The number of carboxylic acids is 1. The average molecular weight is 564 g/mol. The Bertz CT molecular complexity index is 1360. The highest BCUT2D eigenvalue weighted by Crippen LogP contribution is 2.36. The predicted octanol–water partition coefficient (Wildman–Crippen LogP) is 5.05. The molecule has 2 amide bonds. The van der Waals surface area contributed by atoms with E-state index in [1.165, 1.54) is 6.07 Å². The topological polar surface area (TPSA) is 123 Å². The van der Waals surface area contributed by atoms with Crippen LogP contribution in [0.3, 0.4) is 0 Å². The third-order valence-corrected chi connectivity index (χ3v) is 6.13. The van der Waals surface area contributed by atoms with Gasteiger partial charge in [-0.1, -0.05) is 17.7 Å². The molecule has 1 aliphatic heterocycles. The number of carboxylic acid groups (broad SMARTS) is 1. The molecule has 0 spiro atoms. The van der Waals surface area contributed by atoms with Crippen molar-refractivity contribution < 1.29 is 27.9 Å². The predicted molar refractivity (Wildman–Crippen MR) is 142 cm³/mol. The molecule has 3 aromatic rings. The maximum Gasteiger partial charge on any atom is 0.417 e. The molecule has 206 valence electrons. The molecule has 0 saturated carbocycles. The van der Waals surface area contributed by atoms with Gasteiger partial charge in [0.05, 0.1) is 17.1 Å². The molecule has 1 aromatic heterocycles. The highest BCUT2D eigenvalue weighted by molar-refractivity contribution is 6.31. The standard InChI is InChI=1S/C25H25ClF3N7O3/c1-15-30-21(13-22(31-15)36-9-7-35(8-10-36)14-23(37)38)32-16-3-2-4-17(11-16)33-24(39)34-18-5-6-20(26)19(12-18)25(27,28)29/h2-6,11-13H,7-10,14H2,1H3,(H,37,38)(H,30,31,32)(H2,33,34,39). The lowest BCUT2D eigenvalue weighted by atomic mass is 10.2. The number of benzene rings is 2. The van der Waals surface area contributed by atoms with Crippen molar-refractivity contribution in [3.63, 3.8) is 0 Å². The maximum absolute atomic E-state index is 13.1. The summed E-state index contributed by atoms with van der Waals surface area (Å²) in [6, 6.07) is 10.9. The molecule has 39 heavy (non-hydrogen) atoms. The number of piperazine rings is 1. The number of halogens is 4. The van der Waals surface area contributed by atoms with Gasteiger partial charge in [0.25, 0.3) is 0 Å². The molecule has 14 heteroatoms. The van der Waals surface area contributed by atoms with Crippen molar-refractivity contribution >= 4 is 52.3 Å². The lowest BCUT2D eigenvalue weighted by Crippen LogP contribution is -2.48. The van der Waals surface area contributed by atoms with Gasteiger partial charge in [0, 0.05) is 49.3 Å². The monoisotopic (exact) mass is 563 g/mol. The molecular formula is C25H25ClF3N7O3. The first-order valence-electron chi connectivity index (χ1n) is 11.8. The molecule has 2 aromatic carbocycles. The number of carbonyl (C=O) groups excluding carboxylic acids is 1. The Morgan fingerprint density at radius 1 is 0.974 bits per heavy atom. The lowest BCUT2D eigenvalue weighted by Gasteiger charge is -2.34. The normalized spacial score (nSPS) is 14.1. The summed E-state index contributed by atoms with van der Waals surface area (Å²) in [4.78, 5) is 36.2. The largest absolute Gasteiger partial charge is 0.480 e. The van der Waals surface area contributed by atoms with E-state index in [1.54, 1.807) is 37.3 Å². The summed E-state index contributed by atoms with van der Waals surface area (Å²) < 4.78 is 39.3. The van der Waals surface area contributed by atoms with Crippen LogP contribution in [0.4, 0.5) is 46.7 Å². The van der Waals surface area contributed by atoms with Gasteiger partial charge in [0.2, 0.25) is 0 Å². The second kappa shape index (κ2) is 11.7. The van der Waals surface area contributed by atoms with Gasteiger partial charge in [-0.05, 0) is 43.3 Å². The number of amides is 2. The molecule has 1 aliphatic rings. The number of aliphatic carboxylic acids is 1. The summed E-state index contributed by atoms with van der Waals surface area (Å²) in [5.74, 6) is 0.906. The van der Waals surface area contributed by atoms with Crippen molar-refractivity contribution in [3.8, 4) is 0 Å². The minimum absolute atomic E-state index is 0.000139. The van der Waals surface area contributed by atoms with Crippen molar-refractivity contribution in [1.29, 1.82) is 0 Å². The average Bonchev–Trinajstić information content (AvgIpc) is 2.84. The summed E-state index contributed by atoms with van der Waals surface area (Å²) in [7, 11) is 0. The number of aromatic nitrogens is 2. The number of rotatable bonds is 7. The number of nitrogens with one attached hydrogen (secondary N) is 3. The van der Waals surface area contributed by atoms with E-state index in [-0.39, 0.29) is 12.2 Å². The van der Waals surface area contributed by atoms with Gasteiger partial charge in [-0.25, -0.2) is 14.8 Å². The van der Waals surface area contributed by atoms with Crippen molar-refractivity contribution in [2.24, 2.45) is 0 Å². The smallest absolute Gasteiger partial charge is 0.417 e. The van der Waals surface area contributed by atoms with Crippen LogP contribution in [0.15, 0.2) is 48.5 Å². The van der Waals surface area contributed by atoms with Crippen LogP contribution in [0.2, 0.25) is 5.02 Å². The minimum Gasteiger partial charge on any atom is -0.480 e. The van der Waals surface area contributed by atoms with Crippen LogP contribution in [-0.4, -0.2) is 64.7 Å². The summed E-state index contributed by atoms with van der Waals surface area (Å²) in [6.07, 6.45) is -4.65. The van der Waals surface area contributed by atoms with E-state index in [2.05, 4.69) is 30.8 Å². The van der Waals surface area contributed by atoms with Crippen LogP contribution in [-0.2, 0) is 11.0 Å². The Labute approximate surface area is 226 Å². The first kappa shape index (κ1) is 27.9. The van der Waals surface area contributed by atoms with Gasteiger partial charge in [-0.2, -0.15) is 13.2 Å². The Kier molecular flexibility index (Phi) is 8.41. The molecule has 0 atom stereocenters.